The highest BCUT2D eigenvalue weighted by atomic mass is 32.2. The van der Waals surface area contributed by atoms with Crippen molar-refractivity contribution in [3.8, 4) is 6.07 Å². The van der Waals surface area contributed by atoms with Gasteiger partial charge in [0.1, 0.15) is 15.2 Å². The number of nitriles is 1. The second-order valence-electron chi connectivity index (χ2n) is 3.87. The third-order valence-electron chi connectivity index (χ3n) is 2.60. The zero-order chi connectivity index (χ0) is 13.0. The fourth-order valence-electron chi connectivity index (χ4n) is 1.61. The van der Waals surface area contributed by atoms with E-state index in [4.69, 9.17) is 5.26 Å². The zero-order valence-corrected chi connectivity index (χ0v) is 11.3. The summed E-state index contributed by atoms with van der Waals surface area (Å²) in [4.78, 5) is 0.399. The quantitative estimate of drug-likeness (QED) is 0.801. The van der Waals surface area contributed by atoms with E-state index in [1.54, 1.807) is 0 Å². The summed E-state index contributed by atoms with van der Waals surface area (Å²) in [7, 11) is -3.49. The summed E-state index contributed by atoms with van der Waals surface area (Å²) in [5, 5.41) is 11.8. The van der Waals surface area contributed by atoms with Gasteiger partial charge < -0.3 is 5.32 Å². The Hall–Kier alpha value is -1.20. The van der Waals surface area contributed by atoms with E-state index >= 15 is 0 Å². The van der Waals surface area contributed by atoms with Gasteiger partial charge in [-0.05, 0) is 25.1 Å². The SMILES string of the molecule is N#Cc1ccc(S(=O)(=O)NCC2=CCNCC2)s1. The Kier molecular flexibility index (Phi) is 4.14. The van der Waals surface area contributed by atoms with Gasteiger partial charge in [0.15, 0.2) is 0 Å². The number of sulfonamides is 1. The third-order valence-corrected chi connectivity index (χ3v) is 5.49. The van der Waals surface area contributed by atoms with Gasteiger partial charge in [-0.25, -0.2) is 13.1 Å². The Balaban J connectivity index is 2.03. The van der Waals surface area contributed by atoms with E-state index < -0.39 is 10.0 Å². The van der Waals surface area contributed by atoms with E-state index in [2.05, 4.69) is 10.0 Å². The topological polar surface area (TPSA) is 82.0 Å². The summed E-state index contributed by atoms with van der Waals surface area (Å²) in [5.74, 6) is 0. The minimum absolute atomic E-state index is 0.189. The van der Waals surface area contributed by atoms with Crippen LogP contribution in [0.1, 0.15) is 11.3 Å². The highest BCUT2D eigenvalue weighted by Crippen LogP contribution is 2.20. The smallest absolute Gasteiger partial charge is 0.250 e. The van der Waals surface area contributed by atoms with Crippen molar-refractivity contribution in [2.45, 2.75) is 10.6 Å². The fraction of sp³-hybridized carbons (Fsp3) is 0.364. The van der Waals surface area contributed by atoms with E-state index in [0.29, 0.717) is 11.4 Å². The van der Waals surface area contributed by atoms with Crippen LogP contribution < -0.4 is 10.0 Å². The molecule has 0 saturated heterocycles. The van der Waals surface area contributed by atoms with Crippen molar-refractivity contribution >= 4 is 21.4 Å². The summed E-state index contributed by atoms with van der Waals surface area (Å²) >= 11 is 0.983. The summed E-state index contributed by atoms with van der Waals surface area (Å²) in [6, 6.07) is 4.91. The molecule has 0 unspecified atom stereocenters. The lowest BCUT2D eigenvalue weighted by atomic mass is 10.1. The molecule has 0 radical (unpaired) electrons. The van der Waals surface area contributed by atoms with E-state index in [-0.39, 0.29) is 4.21 Å². The van der Waals surface area contributed by atoms with Gasteiger partial charge in [0.2, 0.25) is 10.0 Å². The number of nitrogens with zero attached hydrogens (tertiary/aromatic N) is 1. The fourth-order valence-corrected chi connectivity index (χ4v) is 3.80. The number of hydrogen-bond donors (Lipinski definition) is 2. The van der Waals surface area contributed by atoms with Crippen molar-refractivity contribution in [2.24, 2.45) is 0 Å². The van der Waals surface area contributed by atoms with Crippen LogP contribution >= 0.6 is 11.3 Å². The molecule has 1 aromatic rings. The maximum atomic E-state index is 12.0. The molecule has 2 N–H and O–H groups in total. The highest BCUT2D eigenvalue weighted by molar-refractivity contribution is 7.91. The Morgan fingerprint density at radius 3 is 2.94 bits per heavy atom. The van der Waals surface area contributed by atoms with Gasteiger partial charge in [0.25, 0.3) is 0 Å². The molecule has 5 nitrogen and oxygen atoms in total. The van der Waals surface area contributed by atoms with E-state index in [9.17, 15) is 8.42 Å². The van der Waals surface area contributed by atoms with Crippen LogP contribution in [0.15, 0.2) is 28.0 Å². The van der Waals surface area contributed by atoms with Gasteiger partial charge in [-0.15, -0.1) is 11.3 Å². The lowest BCUT2D eigenvalue weighted by molar-refractivity contribution is 0.584. The van der Waals surface area contributed by atoms with Crippen LogP contribution in [0.3, 0.4) is 0 Å². The van der Waals surface area contributed by atoms with Gasteiger partial charge in [-0.3, -0.25) is 0 Å². The molecule has 96 valence electrons. The summed E-state index contributed by atoms with van der Waals surface area (Å²) in [6.45, 7) is 2.00. The Labute approximate surface area is 110 Å². The lowest BCUT2D eigenvalue weighted by Crippen LogP contribution is -2.29. The van der Waals surface area contributed by atoms with Gasteiger partial charge >= 0.3 is 0 Å². The first-order valence-electron chi connectivity index (χ1n) is 5.50. The van der Waals surface area contributed by atoms with E-state index in [1.807, 2.05) is 12.1 Å². The second-order valence-corrected chi connectivity index (χ2v) is 6.95. The molecule has 1 aromatic heterocycles. The summed E-state index contributed by atoms with van der Waals surface area (Å²) in [6.07, 6.45) is 2.86. The Morgan fingerprint density at radius 1 is 1.50 bits per heavy atom. The standard InChI is InChI=1S/C11H13N3O2S2/c12-7-10-1-2-11(17-10)18(15,16)14-8-9-3-5-13-6-4-9/h1-3,13-14H,4-6,8H2. The van der Waals surface area contributed by atoms with Crippen molar-refractivity contribution < 1.29 is 8.42 Å². The molecule has 0 aliphatic carbocycles. The Morgan fingerprint density at radius 2 is 2.33 bits per heavy atom. The second kappa shape index (κ2) is 5.63. The molecule has 0 amide bonds. The molecule has 1 aliphatic heterocycles. The molecule has 18 heavy (non-hydrogen) atoms. The molecule has 0 atom stereocenters. The van der Waals surface area contributed by atoms with Crippen LogP contribution in [0.4, 0.5) is 0 Å². The molecule has 2 rings (SSSR count). The maximum absolute atomic E-state index is 12.0. The molecule has 0 saturated carbocycles. The van der Waals surface area contributed by atoms with Crippen LogP contribution in [0, 0.1) is 11.3 Å². The minimum atomic E-state index is -3.49. The van der Waals surface area contributed by atoms with E-state index in [0.717, 1.165) is 36.4 Å². The monoisotopic (exact) mass is 283 g/mol. The first-order chi connectivity index (χ1) is 8.62. The molecule has 0 fully saturated rings. The van der Waals surface area contributed by atoms with Crippen LogP contribution in [0.2, 0.25) is 0 Å². The lowest BCUT2D eigenvalue weighted by Gasteiger charge is -2.14. The van der Waals surface area contributed by atoms with Gasteiger partial charge in [0.05, 0.1) is 0 Å². The van der Waals surface area contributed by atoms with Crippen LogP contribution in [0.25, 0.3) is 0 Å². The largest absolute Gasteiger partial charge is 0.313 e. The first kappa shape index (κ1) is 13.2. The molecule has 0 aromatic carbocycles. The zero-order valence-electron chi connectivity index (χ0n) is 9.64. The van der Waals surface area contributed by atoms with Gasteiger partial charge in [0, 0.05) is 13.1 Å². The third kappa shape index (κ3) is 3.17. The summed E-state index contributed by atoms with van der Waals surface area (Å²) < 4.78 is 26.7. The predicted octanol–water partition coefficient (Wildman–Crippen LogP) is 0.818. The van der Waals surface area contributed by atoms with E-state index in [1.165, 1.54) is 12.1 Å². The minimum Gasteiger partial charge on any atom is -0.313 e. The predicted molar refractivity (Wildman–Crippen MR) is 69.8 cm³/mol. The van der Waals surface area contributed by atoms with Crippen LogP contribution in [-0.4, -0.2) is 28.1 Å². The summed E-state index contributed by atoms with van der Waals surface area (Å²) in [5.41, 5.74) is 1.09. The molecule has 0 spiro atoms. The number of rotatable bonds is 4. The first-order valence-corrected chi connectivity index (χ1v) is 7.80. The highest BCUT2D eigenvalue weighted by Gasteiger charge is 2.17. The maximum Gasteiger partial charge on any atom is 0.250 e. The molecular weight excluding hydrogens is 270 g/mol. The average Bonchev–Trinajstić information content (AvgIpc) is 2.87. The van der Waals surface area contributed by atoms with Gasteiger partial charge in [-0.1, -0.05) is 11.6 Å². The van der Waals surface area contributed by atoms with Crippen molar-refractivity contribution in [2.75, 3.05) is 19.6 Å². The molecular formula is C11H13N3O2S2. The normalized spacial score (nSPS) is 16.1. The van der Waals surface area contributed by atoms with Crippen molar-refractivity contribution in [1.29, 1.82) is 5.26 Å². The number of nitrogens with one attached hydrogen (secondary N) is 2. The van der Waals surface area contributed by atoms with Crippen molar-refractivity contribution in [3.05, 3.63) is 28.7 Å². The van der Waals surface area contributed by atoms with Crippen molar-refractivity contribution in [3.63, 3.8) is 0 Å². The molecule has 7 heteroatoms. The molecule has 0 bridgehead atoms. The van der Waals surface area contributed by atoms with Crippen LogP contribution in [-0.2, 0) is 10.0 Å². The number of thiophene rings is 1. The number of hydrogen-bond acceptors (Lipinski definition) is 5. The van der Waals surface area contributed by atoms with Crippen LogP contribution in [0.5, 0.6) is 0 Å². The van der Waals surface area contributed by atoms with Crippen molar-refractivity contribution in [1.82, 2.24) is 10.0 Å². The van der Waals surface area contributed by atoms with Gasteiger partial charge in [-0.2, -0.15) is 5.26 Å². The average molecular weight is 283 g/mol. The molecule has 2 heterocycles. The Bertz CT molecular complexity index is 596. The molecule has 1 aliphatic rings.